The van der Waals surface area contributed by atoms with E-state index in [1.165, 1.54) is 16.5 Å². The average Bonchev–Trinajstić information content (AvgIpc) is 3.20. The largest absolute Gasteiger partial charge is 0.351 e. The van der Waals surface area contributed by atoms with Gasteiger partial charge in [-0.25, -0.2) is 4.98 Å². The Morgan fingerprint density at radius 1 is 0.966 bits per heavy atom. The van der Waals surface area contributed by atoms with Crippen LogP contribution >= 0.6 is 11.5 Å². The van der Waals surface area contributed by atoms with E-state index in [1.807, 2.05) is 48.5 Å². The SMILES string of the molecule is O=C(NCCCc1ccccc1)c1snc2c(=O)n(Cc3ccccc3)cnc12. The van der Waals surface area contributed by atoms with Crippen molar-refractivity contribution in [2.24, 2.45) is 0 Å². The van der Waals surface area contributed by atoms with Gasteiger partial charge in [0.15, 0.2) is 5.52 Å². The van der Waals surface area contributed by atoms with Crippen LogP contribution in [0.15, 0.2) is 71.8 Å². The molecule has 0 unspecified atom stereocenters. The van der Waals surface area contributed by atoms with Gasteiger partial charge < -0.3 is 5.32 Å². The zero-order valence-corrected chi connectivity index (χ0v) is 16.6. The first kappa shape index (κ1) is 19.0. The van der Waals surface area contributed by atoms with Crippen molar-refractivity contribution >= 4 is 28.5 Å². The van der Waals surface area contributed by atoms with Crippen LogP contribution in [-0.4, -0.2) is 26.4 Å². The molecule has 6 nitrogen and oxygen atoms in total. The van der Waals surface area contributed by atoms with Gasteiger partial charge in [-0.1, -0.05) is 60.7 Å². The first-order valence-electron chi connectivity index (χ1n) is 9.43. The van der Waals surface area contributed by atoms with Crippen LogP contribution in [0.3, 0.4) is 0 Å². The predicted octanol–water partition coefficient (Wildman–Crippen LogP) is 3.26. The summed E-state index contributed by atoms with van der Waals surface area (Å²) in [5.41, 5.74) is 2.61. The zero-order chi connectivity index (χ0) is 20.1. The number of carbonyl (C=O) groups is 1. The van der Waals surface area contributed by atoms with E-state index in [0.29, 0.717) is 23.5 Å². The van der Waals surface area contributed by atoms with Crippen LogP contribution in [-0.2, 0) is 13.0 Å². The second-order valence-electron chi connectivity index (χ2n) is 6.72. The molecular weight excluding hydrogens is 384 g/mol. The Kier molecular flexibility index (Phi) is 5.76. The summed E-state index contributed by atoms with van der Waals surface area (Å²) in [4.78, 5) is 30.0. The lowest BCUT2D eigenvalue weighted by Gasteiger charge is -2.06. The van der Waals surface area contributed by atoms with E-state index in [2.05, 4.69) is 26.8 Å². The van der Waals surface area contributed by atoms with Gasteiger partial charge in [-0.05, 0) is 35.5 Å². The van der Waals surface area contributed by atoms with Crippen LogP contribution in [0.25, 0.3) is 11.0 Å². The fourth-order valence-electron chi connectivity index (χ4n) is 3.12. The molecule has 0 fully saturated rings. The summed E-state index contributed by atoms with van der Waals surface area (Å²) in [6.45, 7) is 0.972. The number of carbonyl (C=O) groups excluding carboxylic acids is 1. The molecule has 0 aliphatic heterocycles. The topological polar surface area (TPSA) is 76.9 Å². The molecule has 0 atom stereocenters. The van der Waals surface area contributed by atoms with Crippen molar-refractivity contribution in [3.05, 3.63) is 93.3 Å². The highest BCUT2D eigenvalue weighted by atomic mass is 32.1. The molecule has 146 valence electrons. The van der Waals surface area contributed by atoms with Crippen LogP contribution < -0.4 is 10.9 Å². The number of benzene rings is 2. The monoisotopic (exact) mass is 404 g/mol. The maximum absolute atomic E-state index is 12.7. The van der Waals surface area contributed by atoms with Gasteiger partial charge in [0.25, 0.3) is 11.5 Å². The van der Waals surface area contributed by atoms with Gasteiger partial charge in [0.2, 0.25) is 0 Å². The fraction of sp³-hybridized carbons (Fsp3) is 0.182. The Bertz CT molecular complexity index is 1170. The van der Waals surface area contributed by atoms with Gasteiger partial charge in [-0.2, -0.15) is 4.37 Å². The van der Waals surface area contributed by atoms with E-state index in [4.69, 9.17) is 0 Å². The summed E-state index contributed by atoms with van der Waals surface area (Å²) in [6.07, 6.45) is 3.22. The van der Waals surface area contributed by atoms with E-state index in [9.17, 15) is 9.59 Å². The minimum Gasteiger partial charge on any atom is -0.351 e. The molecule has 2 aromatic heterocycles. The van der Waals surface area contributed by atoms with Gasteiger partial charge in [0.1, 0.15) is 10.4 Å². The van der Waals surface area contributed by atoms with Crippen LogP contribution in [0.2, 0.25) is 0 Å². The number of rotatable bonds is 7. The minimum atomic E-state index is -0.238. The third-order valence-electron chi connectivity index (χ3n) is 4.63. The lowest BCUT2D eigenvalue weighted by Crippen LogP contribution is -2.25. The average molecular weight is 404 g/mol. The number of hydrogen-bond donors (Lipinski definition) is 1. The van der Waals surface area contributed by atoms with Gasteiger partial charge in [-0.15, -0.1) is 0 Å². The number of aromatic nitrogens is 3. The van der Waals surface area contributed by atoms with Crippen molar-refractivity contribution < 1.29 is 4.79 Å². The van der Waals surface area contributed by atoms with Crippen molar-refractivity contribution in [1.29, 1.82) is 0 Å². The summed E-state index contributed by atoms with van der Waals surface area (Å²) < 4.78 is 5.72. The molecule has 29 heavy (non-hydrogen) atoms. The van der Waals surface area contributed by atoms with E-state index < -0.39 is 0 Å². The number of aryl methyl sites for hydroxylation is 1. The molecule has 4 aromatic rings. The fourth-order valence-corrected chi connectivity index (χ4v) is 3.86. The third kappa shape index (κ3) is 4.41. The van der Waals surface area contributed by atoms with Gasteiger partial charge in [-0.3, -0.25) is 14.2 Å². The first-order valence-corrected chi connectivity index (χ1v) is 10.2. The lowest BCUT2D eigenvalue weighted by molar-refractivity contribution is 0.0958. The Morgan fingerprint density at radius 3 is 2.38 bits per heavy atom. The summed E-state index contributed by atoms with van der Waals surface area (Å²) in [7, 11) is 0. The predicted molar refractivity (Wildman–Crippen MR) is 114 cm³/mol. The molecule has 7 heteroatoms. The van der Waals surface area contributed by atoms with Crippen LogP contribution in [0, 0.1) is 0 Å². The number of amides is 1. The molecular formula is C22H20N4O2S. The Morgan fingerprint density at radius 2 is 1.66 bits per heavy atom. The van der Waals surface area contributed by atoms with E-state index in [-0.39, 0.29) is 17.0 Å². The molecule has 1 N–H and O–H groups in total. The summed E-state index contributed by atoms with van der Waals surface area (Å²) in [5, 5.41) is 2.90. The van der Waals surface area contributed by atoms with E-state index >= 15 is 0 Å². The van der Waals surface area contributed by atoms with Gasteiger partial charge in [0, 0.05) is 6.54 Å². The highest BCUT2D eigenvalue weighted by Gasteiger charge is 2.18. The van der Waals surface area contributed by atoms with E-state index in [0.717, 1.165) is 29.9 Å². The maximum atomic E-state index is 12.7. The molecule has 0 radical (unpaired) electrons. The normalized spacial score (nSPS) is 10.9. The summed E-state index contributed by atoms with van der Waals surface area (Å²) in [5.74, 6) is -0.238. The highest BCUT2D eigenvalue weighted by molar-refractivity contribution is 7.09. The summed E-state index contributed by atoms with van der Waals surface area (Å²) in [6, 6.07) is 19.8. The standard InChI is InChI=1S/C22H20N4O2S/c27-21(23-13-7-12-16-8-3-1-4-9-16)20-18-19(25-29-20)22(28)26(15-24-18)14-17-10-5-2-6-11-17/h1-6,8-11,15H,7,12-14H2,(H,23,27). The highest BCUT2D eigenvalue weighted by Crippen LogP contribution is 2.17. The van der Waals surface area contributed by atoms with E-state index in [1.54, 1.807) is 0 Å². The minimum absolute atomic E-state index is 0.238. The molecule has 0 aliphatic rings. The van der Waals surface area contributed by atoms with Crippen molar-refractivity contribution in [1.82, 2.24) is 19.2 Å². The molecule has 1 amide bonds. The Hall–Kier alpha value is -3.32. The zero-order valence-electron chi connectivity index (χ0n) is 15.7. The lowest BCUT2D eigenvalue weighted by atomic mass is 10.1. The quantitative estimate of drug-likeness (QED) is 0.480. The molecule has 0 saturated carbocycles. The number of hydrogen-bond acceptors (Lipinski definition) is 5. The molecule has 4 rings (SSSR count). The second kappa shape index (κ2) is 8.79. The first-order chi connectivity index (χ1) is 14.2. The molecule has 0 aliphatic carbocycles. The molecule has 0 bridgehead atoms. The van der Waals surface area contributed by atoms with Crippen LogP contribution in [0.1, 0.15) is 27.2 Å². The second-order valence-corrected chi connectivity index (χ2v) is 7.49. The molecule has 0 saturated heterocycles. The summed E-state index contributed by atoms with van der Waals surface area (Å²) >= 11 is 1.02. The molecule has 2 aromatic carbocycles. The molecule has 0 spiro atoms. The smallest absolute Gasteiger partial charge is 0.281 e. The Labute approximate surface area is 172 Å². The Balaban J connectivity index is 1.43. The third-order valence-corrected chi connectivity index (χ3v) is 5.47. The molecule has 2 heterocycles. The van der Waals surface area contributed by atoms with Crippen molar-refractivity contribution in [2.75, 3.05) is 6.54 Å². The van der Waals surface area contributed by atoms with Crippen LogP contribution in [0.5, 0.6) is 0 Å². The number of nitrogens with zero attached hydrogens (tertiary/aromatic N) is 3. The number of nitrogens with one attached hydrogen (secondary N) is 1. The van der Waals surface area contributed by atoms with Crippen molar-refractivity contribution in [3.63, 3.8) is 0 Å². The maximum Gasteiger partial charge on any atom is 0.281 e. The van der Waals surface area contributed by atoms with Gasteiger partial charge >= 0.3 is 0 Å². The van der Waals surface area contributed by atoms with Crippen LogP contribution in [0.4, 0.5) is 0 Å². The van der Waals surface area contributed by atoms with Gasteiger partial charge in [0.05, 0.1) is 12.9 Å². The van der Waals surface area contributed by atoms with Crippen molar-refractivity contribution in [3.8, 4) is 0 Å². The van der Waals surface area contributed by atoms with Crippen molar-refractivity contribution in [2.45, 2.75) is 19.4 Å². The number of fused-ring (bicyclic) bond motifs is 1.